The standard InChI is InChI=1S/C21H20FN3O3/c22-17-10-8-15(9-11-17)21(27)25-12-4-7-16(13-25)19-23-20(28-24-19)18(26)14-5-2-1-3-6-14/h1-3,5-6,8-11,16,18,26H,4,7,12-13H2/t16?,18-/m0/s1. The van der Waals surface area contributed by atoms with Gasteiger partial charge in [-0.15, -0.1) is 0 Å². The summed E-state index contributed by atoms with van der Waals surface area (Å²) < 4.78 is 18.4. The van der Waals surface area contributed by atoms with Crippen molar-refractivity contribution in [3.8, 4) is 0 Å². The van der Waals surface area contributed by atoms with Crippen molar-refractivity contribution in [2.45, 2.75) is 24.9 Å². The minimum Gasteiger partial charge on any atom is -0.378 e. The fourth-order valence-electron chi connectivity index (χ4n) is 3.45. The number of likely N-dealkylation sites (tertiary alicyclic amines) is 1. The van der Waals surface area contributed by atoms with Crippen LogP contribution in [-0.4, -0.2) is 39.1 Å². The molecule has 7 heteroatoms. The maximum Gasteiger partial charge on any atom is 0.260 e. The van der Waals surface area contributed by atoms with Gasteiger partial charge in [0.2, 0.25) is 0 Å². The van der Waals surface area contributed by atoms with Crippen LogP contribution in [0.15, 0.2) is 59.1 Å². The molecule has 144 valence electrons. The maximum absolute atomic E-state index is 13.1. The Bertz CT molecular complexity index is 943. The summed E-state index contributed by atoms with van der Waals surface area (Å²) in [7, 11) is 0. The lowest BCUT2D eigenvalue weighted by atomic mass is 9.96. The zero-order valence-electron chi connectivity index (χ0n) is 15.2. The van der Waals surface area contributed by atoms with Crippen molar-refractivity contribution >= 4 is 5.91 Å². The SMILES string of the molecule is O=C(c1ccc(F)cc1)N1CCCC(c2noc([C@@H](O)c3ccccc3)n2)C1. The molecule has 2 heterocycles. The summed E-state index contributed by atoms with van der Waals surface area (Å²) in [5.74, 6) is 0.0468. The number of piperidine rings is 1. The van der Waals surface area contributed by atoms with Crippen molar-refractivity contribution in [1.29, 1.82) is 0 Å². The van der Waals surface area contributed by atoms with Gasteiger partial charge in [-0.1, -0.05) is 35.5 Å². The molecule has 1 saturated heterocycles. The highest BCUT2D eigenvalue weighted by Crippen LogP contribution is 2.28. The minimum absolute atomic E-state index is 0.0707. The first-order chi connectivity index (χ1) is 13.6. The van der Waals surface area contributed by atoms with Crippen LogP contribution in [0.1, 0.15) is 52.5 Å². The first-order valence-electron chi connectivity index (χ1n) is 9.23. The lowest BCUT2D eigenvalue weighted by molar-refractivity contribution is 0.0703. The summed E-state index contributed by atoms with van der Waals surface area (Å²) in [4.78, 5) is 18.8. The molecule has 28 heavy (non-hydrogen) atoms. The predicted molar refractivity (Wildman–Crippen MR) is 99.1 cm³/mol. The number of aromatic nitrogens is 2. The van der Waals surface area contributed by atoms with Crippen molar-refractivity contribution < 1.29 is 18.8 Å². The van der Waals surface area contributed by atoms with Crippen LogP contribution in [0.4, 0.5) is 4.39 Å². The van der Waals surface area contributed by atoms with Gasteiger partial charge in [0.05, 0.1) is 0 Å². The van der Waals surface area contributed by atoms with Gasteiger partial charge < -0.3 is 14.5 Å². The van der Waals surface area contributed by atoms with E-state index in [1.54, 1.807) is 17.0 Å². The molecule has 0 spiro atoms. The Labute approximate surface area is 161 Å². The number of rotatable bonds is 4. The third-order valence-corrected chi connectivity index (χ3v) is 4.97. The number of halogens is 1. The third kappa shape index (κ3) is 3.80. The predicted octanol–water partition coefficient (Wildman–Crippen LogP) is 3.31. The van der Waals surface area contributed by atoms with Gasteiger partial charge in [-0.3, -0.25) is 4.79 Å². The fraction of sp³-hybridized carbons (Fsp3) is 0.286. The Morgan fingerprint density at radius 2 is 1.93 bits per heavy atom. The first-order valence-corrected chi connectivity index (χ1v) is 9.23. The second-order valence-electron chi connectivity index (χ2n) is 6.90. The first kappa shape index (κ1) is 18.3. The third-order valence-electron chi connectivity index (χ3n) is 4.97. The van der Waals surface area contributed by atoms with E-state index in [-0.39, 0.29) is 23.5 Å². The fourth-order valence-corrected chi connectivity index (χ4v) is 3.45. The van der Waals surface area contributed by atoms with E-state index in [1.807, 2.05) is 18.2 Å². The van der Waals surface area contributed by atoms with Gasteiger partial charge in [-0.25, -0.2) is 4.39 Å². The lowest BCUT2D eigenvalue weighted by Gasteiger charge is -2.31. The van der Waals surface area contributed by atoms with E-state index < -0.39 is 6.10 Å². The molecule has 1 fully saturated rings. The Morgan fingerprint density at radius 3 is 2.68 bits per heavy atom. The molecule has 2 aromatic carbocycles. The normalized spacial score (nSPS) is 18.1. The van der Waals surface area contributed by atoms with Crippen molar-refractivity contribution in [3.63, 3.8) is 0 Å². The van der Waals surface area contributed by atoms with Crippen molar-refractivity contribution in [2.24, 2.45) is 0 Å². The second-order valence-corrected chi connectivity index (χ2v) is 6.90. The zero-order valence-corrected chi connectivity index (χ0v) is 15.2. The van der Waals surface area contributed by atoms with Gasteiger partial charge in [-0.2, -0.15) is 4.98 Å². The average Bonchev–Trinajstić information content (AvgIpc) is 3.24. The monoisotopic (exact) mass is 381 g/mol. The van der Waals surface area contributed by atoms with E-state index in [4.69, 9.17) is 4.52 Å². The van der Waals surface area contributed by atoms with Crippen LogP contribution in [0.2, 0.25) is 0 Å². The van der Waals surface area contributed by atoms with Crippen LogP contribution in [0.5, 0.6) is 0 Å². The van der Waals surface area contributed by atoms with Crippen molar-refractivity contribution in [1.82, 2.24) is 15.0 Å². The number of hydrogen-bond donors (Lipinski definition) is 1. The number of hydrogen-bond acceptors (Lipinski definition) is 5. The summed E-state index contributed by atoms with van der Waals surface area (Å²) in [5, 5.41) is 14.5. The van der Waals surface area contributed by atoms with E-state index in [2.05, 4.69) is 10.1 Å². The molecule has 1 N–H and O–H groups in total. The Balaban J connectivity index is 1.47. The number of nitrogens with zero attached hydrogens (tertiary/aromatic N) is 3. The molecule has 1 aliphatic heterocycles. The second kappa shape index (κ2) is 7.90. The minimum atomic E-state index is -0.983. The van der Waals surface area contributed by atoms with Gasteiger partial charge >= 0.3 is 0 Å². The van der Waals surface area contributed by atoms with E-state index in [0.29, 0.717) is 30.0 Å². The molecule has 6 nitrogen and oxygen atoms in total. The van der Waals surface area contributed by atoms with Crippen LogP contribution >= 0.6 is 0 Å². The van der Waals surface area contributed by atoms with Gasteiger partial charge in [0.15, 0.2) is 11.9 Å². The van der Waals surface area contributed by atoms with Crippen LogP contribution in [0, 0.1) is 5.82 Å². The maximum atomic E-state index is 13.1. The molecule has 1 aliphatic rings. The molecule has 0 saturated carbocycles. The molecular weight excluding hydrogens is 361 g/mol. The van der Waals surface area contributed by atoms with Crippen molar-refractivity contribution in [3.05, 3.63) is 83.3 Å². The van der Waals surface area contributed by atoms with Gasteiger partial charge in [-0.05, 0) is 42.7 Å². The zero-order chi connectivity index (χ0) is 19.5. The molecule has 0 radical (unpaired) electrons. The number of aliphatic hydroxyl groups excluding tert-OH is 1. The van der Waals surface area contributed by atoms with Crippen LogP contribution in [0.3, 0.4) is 0 Å². The molecular formula is C21H20FN3O3. The molecule has 0 bridgehead atoms. The number of carbonyl (C=O) groups excluding carboxylic acids is 1. The number of benzene rings is 2. The summed E-state index contributed by atoms with van der Waals surface area (Å²) in [6.07, 6.45) is 0.652. The van der Waals surface area contributed by atoms with Crippen LogP contribution in [0.25, 0.3) is 0 Å². The summed E-state index contributed by atoms with van der Waals surface area (Å²) in [6, 6.07) is 14.6. The van der Waals surface area contributed by atoms with Gasteiger partial charge in [0.25, 0.3) is 11.8 Å². The van der Waals surface area contributed by atoms with Crippen LogP contribution in [-0.2, 0) is 0 Å². The Hall–Kier alpha value is -3.06. The molecule has 0 aliphatic carbocycles. The van der Waals surface area contributed by atoms with E-state index >= 15 is 0 Å². The Kier molecular flexibility index (Phi) is 5.16. The van der Waals surface area contributed by atoms with E-state index in [9.17, 15) is 14.3 Å². The number of carbonyl (C=O) groups is 1. The van der Waals surface area contributed by atoms with Crippen molar-refractivity contribution in [2.75, 3.05) is 13.1 Å². The molecule has 4 rings (SSSR count). The molecule has 1 unspecified atom stereocenters. The molecule has 2 atom stereocenters. The number of amides is 1. The summed E-state index contributed by atoms with van der Waals surface area (Å²) >= 11 is 0. The van der Waals surface area contributed by atoms with E-state index in [0.717, 1.165) is 12.8 Å². The smallest absolute Gasteiger partial charge is 0.260 e. The quantitative estimate of drug-likeness (QED) is 0.750. The lowest BCUT2D eigenvalue weighted by Crippen LogP contribution is -2.39. The largest absolute Gasteiger partial charge is 0.378 e. The van der Waals surface area contributed by atoms with Gasteiger partial charge in [0, 0.05) is 24.6 Å². The summed E-state index contributed by atoms with van der Waals surface area (Å²) in [5.41, 5.74) is 1.13. The van der Waals surface area contributed by atoms with Gasteiger partial charge in [0.1, 0.15) is 5.82 Å². The average molecular weight is 381 g/mol. The number of aliphatic hydroxyl groups is 1. The van der Waals surface area contributed by atoms with E-state index in [1.165, 1.54) is 24.3 Å². The highest BCUT2D eigenvalue weighted by atomic mass is 19.1. The van der Waals surface area contributed by atoms with Crippen LogP contribution < -0.4 is 0 Å². The molecule has 1 amide bonds. The highest BCUT2D eigenvalue weighted by Gasteiger charge is 2.29. The Morgan fingerprint density at radius 1 is 1.18 bits per heavy atom. The molecule has 1 aromatic heterocycles. The molecule has 3 aromatic rings. The highest BCUT2D eigenvalue weighted by molar-refractivity contribution is 5.94. The topological polar surface area (TPSA) is 79.5 Å². The summed E-state index contributed by atoms with van der Waals surface area (Å²) in [6.45, 7) is 1.08.